The number of aromatic nitrogens is 1. The van der Waals surface area contributed by atoms with Gasteiger partial charge in [0.25, 0.3) is 0 Å². The lowest BCUT2D eigenvalue weighted by atomic mass is 9.98. The summed E-state index contributed by atoms with van der Waals surface area (Å²) in [6, 6.07) is 3.89. The van der Waals surface area contributed by atoms with E-state index in [1.54, 1.807) is 6.20 Å². The Bertz CT molecular complexity index is 402. The van der Waals surface area contributed by atoms with Crippen LogP contribution in [0.25, 0.3) is 0 Å². The average Bonchev–Trinajstić information content (AvgIpc) is 2.12. The largest absolute Gasteiger partial charge is 0.366 e. The van der Waals surface area contributed by atoms with Crippen LogP contribution in [0, 0.1) is 0 Å². The van der Waals surface area contributed by atoms with Gasteiger partial charge in [-0.1, -0.05) is 11.6 Å². The lowest BCUT2D eigenvalue weighted by Gasteiger charge is -2.48. The lowest BCUT2D eigenvalue weighted by Crippen LogP contribution is -2.57. The van der Waals surface area contributed by atoms with E-state index in [-0.39, 0.29) is 11.2 Å². The first-order valence-corrected chi connectivity index (χ1v) is 6.22. The normalized spacial score (nSPS) is 22.5. The molecule has 94 valence electrons. The Labute approximate surface area is 108 Å². The molecule has 2 heterocycles. The molecule has 0 N–H and O–H groups in total. The van der Waals surface area contributed by atoms with Gasteiger partial charge >= 0.3 is 0 Å². The molecule has 0 unspecified atom stereocenters. The summed E-state index contributed by atoms with van der Waals surface area (Å²) in [5, 5.41) is 0.532. The van der Waals surface area contributed by atoms with Crippen LogP contribution >= 0.6 is 11.6 Å². The Morgan fingerprint density at radius 2 is 1.82 bits per heavy atom. The van der Waals surface area contributed by atoms with Crippen molar-refractivity contribution in [1.29, 1.82) is 0 Å². The van der Waals surface area contributed by atoms with E-state index in [9.17, 15) is 0 Å². The van der Waals surface area contributed by atoms with Gasteiger partial charge in [-0.3, -0.25) is 0 Å². The summed E-state index contributed by atoms with van der Waals surface area (Å²) in [6.45, 7) is 10.2. The zero-order valence-corrected chi connectivity index (χ0v) is 11.6. The van der Waals surface area contributed by atoms with E-state index in [0.29, 0.717) is 5.15 Å². The molecule has 1 aromatic heterocycles. The van der Waals surface area contributed by atoms with Gasteiger partial charge in [-0.05, 0) is 39.8 Å². The van der Waals surface area contributed by atoms with Gasteiger partial charge in [0.1, 0.15) is 5.15 Å². The first-order valence-electron chi connectivity index (χ1n) is 5.84. The van der Waals surface area contributed by atoms with Gasteiger partial charge in [-0.2, -0.15) is 0 Å². The number of hydrogen-bond donors (Lipinski definition) is 0. The molecule has 0 spiro atoms. The highest BCUT2D eigenvalue weighted by molar-refractivity contribution is 6.29. The number of nitrogens with zero attached hydrogens (tertiary/aromatic N) is 2. The third-order valence-electron chi connectivity index (χ3n) is 2.77. The number of ether oxygens (including phenoxy) is 1. The van der Waals surface area contributed by atoms with E-state index in [1.165, 1.54) is 0 Å². The molecule has 1 saturated heterocycles. The molecule has 0 bridgehead atoms. The fourth-order valence-electron chi connectivity index (χ4n) is 2.56. The summed E-state index contributed by atoms with van der Waals surface area (Å²) in [4.78, 5) is 6.32. The van der Waals surface area contributed by atoms with E-state index in [1.807, 2.05) is 12.1 Å². The highest BCUT2D eigenvalue weighted by Crippen LogP contribution is 2.31. The first-order chi connectivity index (χ1) is 7.77. The molecule has 2 rings (SSSR count). The van der Waals surface area contributed by atoms with Crippen molar-refractivity contribution < 1.29 is 4.74 Å². The second-order valence-electron chi connectivity index (χ2n) is 5.81. The summed E-state index contributed by atoms with van der Waals surface area (Å²) in [5.41, 5.74) is 0.795. The second kappa shape index (κ2) is 4.14. The standard InChI is InChI=1S/C13H19ClN2O/c1-12(2)8-16(9-13(3,4)17-12)10-5-6-15-11(14)7-10/h5-7H,8-9H2,1-4H3. The predicted octanol–water partition coefficient (Wildman–Crippen LogP) is 3.13. The van der Waals surface area contributed by atoms with Crippen LogP contribution in [0.4, 0.5) is 5.69 Å². The topological polar surface area (TPSA) is 25.4 Å². The van der Waals surface area contributed by atoms with Gasteiger partial charge in [0.2, 0.25) is 0 Å². The number of anilines is 1. The SMILES string of the molecule is CC1(C)CN(c2ccnc(Cl)c2)CC(C)(C)O1. The van der Waals surface area contributed by atoms with Gasteiger partial charge in [-0.25, -0.2) is 4.98 Å². The van der Waals surface area contributed by atoms with E-state index in [0.717, 1.165) is 18.8 Å². The molecule has 0 radical (unpaired) electrons. The Hall–Kier alpha value is -0.800. The van der Waals surface area contributed by atoms with Crippen molar-refractivity contribution in [3.05, 3.63) is 23.5 Å². The maximum Gasteiger partial charge on any atom is 0.131 e. The monoisotopic (exact) mass is 254 g/mol. The van der Waals surface area contributed by atoms with Crippen molar-refractivity contribution in [3.8, 4) is 0 Å². The average molecular weight is 255 g/mol. The Balaban J connectivity index is 2.27. The van der Waals surface area contributed by atoms with Crippen molar-refractivity contribution in [3.63, 3.8) is 0 Å². The minimum absolute atomic E-state index is 0.155. The Kier molecular flexibility index (Phi) is 3.08. The van der Waals surface area contributed by atoms with Crippen molar-refractivity contribution in [2.24, 2.45) is 0 Å². The summed E-state index contributed by atoms with van der Waals surface area (Å²) in [6.07, 6.45) is 1.74. The van der Waals surface area contributed by atoms with E-state index in [4.69, 9.17) is 16.3 Å². The quantitative estimate of drug-likeness (QED) is 0.720. The molecule has 4 heteroatoms. The summed E-state index contributed by atoms with van der Waals surface area (Å²) in [7, 11) is 0. The molecule has 0 amide bonds. The maximum atomic E-state index is 6.05. The van der Waals surface area contributed by atoms with Gasteiger partial charge < -0.3 is 9.64 Å². The molecule has 1 aliphatic rings. The maximum absolute atomic E-state index is 6.05. The summed E-state index contributed by atoms with van der Waals surface area (Å²) < 4.78 is 6.05. The molecule has 1 aromatic rings. The molecular formula is C13H19ClN2O. The lowest BCUT2D eigenvalue weighted by molar-refractivity contribution is -0.133. The van der Waals surface area contributed by atoms with Crippen molar-refractivity contribution in [2.75, 3.05) is 18.0 Å². The van der Waals surface area contributed by atoms with Gasteiger partial charge in [-0.15, -0.1) is 0 Å². The van der Waals surface area contributed by atoms with Crippen LogP contribution in [0.15, 0.2) is 18.3 Å². The molecule has 1 fully saturated rings. The third-order valence-corrected chi connectivity index (χ3v) is 2.98. The summed E-state index contributed by atoms with van der Waals surface area (Å²) >= 11 is 5.94. The Morgan fingerprint density at radius 3 is 2.35 bits per heavy atom. The Morgan fingerprint density at radius 1 is 1.24 bits per heavy atom. The van der Waals surface area contributed by atoms with Gasteiger partial charge in [0.05, 0.1) is 11.2 Å². The summed E-state index contributed by atoms with van der Waals surface area (Å²) in [5.74, 6) is 0. The number of rotatable bonds is 1. The van der Waals surface area contributed by atoms with Crippen LogP contribution < -0.4 is 4.90 Å². The van der Waals surface area contributed by atoms with Crippen LogP contribution in [0.3, 0.4) is 0 Å². The van der Waals surface area contributed by atoms with Crippen LogP contribution in [0.5, 0.6) is 0 Å². The number of halogens is 1. The fraction of sp³-hybridized carbons (Fsp3) is 0.615. The smallest absolute Gasteiger partial charge is 0.131 e. The van der Waals surface area contributed by atoms with E-state index >= 15 is 0 Å². The molecule has 0 aromatic carbocycles. The minimum Gasteiger partial charge on any atom is -0.366 e. The highest BCUT2D eigenvalue weighted by Gasteiger charge is 2.38. The molecular weight excluding hydrogens is 236 g/mol. The second-order valence-corrected chi connectivity index (χ2v) is 6.20. The number of morpholine rings is 1. The zero-order chi connectivity index (χ0) is 12.7. The van der Waals surface area contributed by atoms with Gasteiger partial charge in [0, 0.05) is 25.0 Å². The van der Waals surface area contributed by atoms with Crippen LogP contribution in [-0.2, 0) is 4.74 Å². The fourth-order valence-corrected chi connectivity index (χ4v) is 2.73. The number of hydrogen-bond acceptors (Lipinski definition) is 3. The molecule has 0 aliphatic carbocycles. The van der Waals surface area contributed by atoms with Crippen molar-refractivity contribution in [1.82, 2.24) is 4.98 Å². The third kappa shape index (κ3) is 3.11. The minimum atomic E-state index is -0.155. The molecule has 0 saturated carbocycles. The molecule has 1 aliphatic heterocycles. The number of pyridine rings is 1. The van der Waals surface area contributed by atoms with Crippen molar-refractivity contribution >= 4 is 17.3 Å². The molecule has 3 nitrogen and oxygen atoms in total. The van der Waals surface area contributed by atoms with E-state index in [2.05, 4.69) is 37.6 Å². The predicted molar refractivity (Wildman–Crippen MR) is 70.7 cm³/mol. The highest BCUT2D eigenvalue weighted by atomic mass is 35.5. The van der Waals surface area contributed by atoms with E-state index < -0.39 is 0 Å². The van der Waals surface area contributed by atoms with Crippen LogP contribution in [0.2, 0.25) is 5.15 Å². The van der Waals surface area contributed by atoms with Crippen LogP contribution in [0.1, 0.15) is 27.7 Å². The zero-order valence-electron chi connectivity index (χ0n) is 10.8. The first kappa shape index (κ1) is 12.7. The van der Waals surface area contributed by atoms with Crippen LogP contribution in [-0.4, -0.2) is 29.3 Å². The van der Waals surface area contributed by atoms with Gasteiger partial charge in [0.15, 0.2) is 0 Å². The molecule has 0 atom stereocenters. The molecule has 17 heavy (non-hydrogen) atoms. The van der Waals surface area contributed by atoms with Crippen molar-refractivity contribution in [2.45, 2.75) is 38.9 Å².